The number of hydrogen-bond acceptors (Lipinski definition) is 3. The Morgan fingerprint density at radius 1 is 1.38 bits per heavy atom. The van der Waals surface area contributed by atoms with Crippen LogP contribution in [-0.2, 0) is 17.8 Å². The van der Waals surface area contributed by atoms with Crippen LogP contribution in [0.1, 0.15) is 24.3 Å². The third-order valence-electron chi connectivity index (χ3n) is 1.59. The van der Waals surface area contributed by atoms with Crippen LogP contribution in [0.2, 0.25) is 0 Å². The molecule has 2 rings (SSSR count). The van der Waals surface area contributed by atoms with Crippen molar-refractivity contribution in [3.63, 3.8) is 0 Å². The van der Waals surface area contributed by atoms with Gasteiger partial charge in [-0.05, 0) is 30.5 Å². The Labute approximate surface area is 84.7 Å². The molecule has 1 aromatic rings. The van der Waals surface area contributed by atoms with Crippen LogP contribution in [0.15, 0.2) is 11.4 Å². The topological polar surface area (TPSA) is 35.2 Å². The Balaban J connectivity index is 0.000000322. The molecular weight excluding hydrogens is 182 g/mol. The first kappa shape index (κ1) is 12.6. The van der Waals surface area contributed by atoms with Gasteiger partial charge < -0.3 is 10.5 Å². The predicted molar refractivity (Wildman–Crippen MR) is 59.1 cm³/mol. The van der Waals surface area contributed by atoms with Crippen LogP contribution in [0.4, 0.5) is 0 Å². The Bertz CT molecular complexity index is 190. The molecule has 0 saturated carbocycles. The van der Waals surface area contributed by atoms with Crippen molar-refractivity contribution in [2.24, 2.45) is 5.73 Å². The molecule has 0 amide bonds. The number of rotatable bonds is 0. The summed E-state index contributed by atoms with van der Waals surface area (Å²) >= 11 is 1.80. The zero-order valence-electron chi connectivity index (χ0n) is 8.67. The van der Waals surface area contributed by atoms with Gasteiger partial charge in [0.1, 0.15) is 0 Å². The molecule has 1 aromatic heterocycles. The van der Waals surface area contributed by atoms with Crippen LogP contribution in [0.3, 0.4) is 0 Å². The molecule has 76 valence electrons. The average Bonchev–Trinajstić information content (AvgIpc) is 2.71. The van der Waals surface area contributed by atoms with Crippen molar-refractivity contribution >= 4 is 11.3 Å². The van der Waals surface area contributed by atoms with Gasteiger partial charge in [0.2, 0.25) is 0 Å². The van der Waals surface area contributed by atoms with E-state index >= 15 is 0 Å². The molecule has 2 nitrogen and oxygen atoms in total. The van der Waals surface area contributed by atoms with Crippen LogP contribution in [0.5, 0.6) is 0 Å². The van der Waals surface area contributed by atoms with Crippen LogP contribution < -0.4 is 5.73 Å². The van der Waals surface area contributed by atoms with E-state index in [1.165, 1.54) is 17.5 Å². The van der Waals surface area contributed by atoms with Crippen molar-refractivity contribution in [2.45, 2.75) is 26.9 Å². The first-order valence-electron chi connectivity index (χ1n) is 4.67. The first-order chi connectivity index (χ1) is 6.47. The Kier molecular flexibility index (Phi) is 7.99. The highest BCUT2D eigenvalue weighted by molar-refractivity contribution is 7.10. The van der Waals surface area contributed by atoms with Crippen molar-refractivity contribution in [3.05, 3.63) is 21.9 Å². The standard InChI is InChI=1S/C7H8OS.C2H6.CH5N/c1-3-8-5-7-6(1)2-4-9-7;2*1-2/h2,4H,1,3,5H2;1-2H3;2H2,1H3. The smallest absolute Gasteiger partial charge is 0.0812 e. The first-order valence-corrected chi connectivity index (χ1v) is 5.55. The Hall–Kier alpha value is -0.380. The van der Waals surface area contributed by atoms with Crippen molar-refractivity contribution in [1.29, 1.82) is 0 Å². The van der Waals surface area contributed by atoms with Gasteiger partial charge in [-0.2, -0.15) is 0 Å². The molecule has 0 radical (unpaired) electrons. The predicted octanol–water partition coefficient (Wildman–Crippen LogP) is 2.42. The summed E-state index contributed by atoms with van der Waals surface area (Å²) in [6.07, 6.45) is 1.11. The zero-order valence-corrected chi connectivity index (χ0v) is 9.49. The molecule has 1 aliphatic heterocycles. The SMILES string of the molecule is CC.CN.c1cc2c(s1)COCC2. The van der Waals surface area contributed by atoms with Gasteiger partial charge in [-0.15, -0.1) is 11.3 Å². The highest BCUT2D eigenvalue weighted by Crippen LogP contribution is 2.21. The van der Waals surface area contributed by atoms with E-state index in [1.54, 1.807) is 11.3 Å². The summed E-state index contributed by atoms with van der Waals surface area (Å²) in [6, 6.07) is 2.20. The van der Waals surface area contributed by atoms with Crippen molar-refractivity contribution in [3.8, 4) is 0 Å². The van der Waals surface area contributed by atoms with E-state index in [4.69, 9.17) is 4.74 Å². The van der Waals surface area contributed by atoms with Gasteiger partial charge in [0.15, 0.2) is 0 Å². The lowest BCUT2D eigenvalue weighted by atomic mass is 10.2. The van der Waals surface area contributed by atoms with Crippen molar-refractivity contribution < 1.29 is 4.74 Å². The van der Waals surface area contributed by atoms with Gasteiger partial charge in [0.05, 0.1) is 13.2 Å². The van der Waals surface area contributed by atoms with Crippen molar-refractivity contribution in [1.82, 2.24) is 0 Å². The molecule has 0 saturated heterocycles. The molecule has 0 fully saturated rings. The molecule has 0 spiro atoms. The maximum absolute atomic E-state index is 5.26. The number of nitrogens with two attached hydrogens (primary N) is 1. The summed E-state index contributed by atoms with van der Waals surface area (Å²) in [5.74, 6) is 0. The van der Waals surface area contributed by atoms with Gasteiger partial charge in [-0.25, -0.2) is 0 Å². The molecule has 1 aliphatic rings. The number of fused-ring (bicyclic) bond motifs is 1. The van der Waals surface area contributed by atoms with Crippen LogP contribution in [0.25, 0.3) is 0 Å². The monoisotopic (exact) mass is 201 g/mol. The lowest BCUT2D eigenvalue weighted by Gasteiger charge is -2.10. The van der Waals surface area contributed by atoms with Gasteiger partial charge >= 0.3 is 0 Å². The van der Waals surface area contributed by atoms with Crippen molar-refractivity contribution in [2.75, 3.05) is 13.7 Å². The second-order valence-corrected chi connectivity index (χ2v) is 3.17. The van der Waals surface area contributed by atoms with E-state index in [-0.39, 0.29) is 0 Å². The van der Waals surface area contributed by atoms with E-state index in [2.05, 4.69) is 17.2 Å². The van der Waals surface area contributed by atoms with Gasteiger partial charge in [0.25, 0.3) is 0 Å². The minimum atomic E-state index is 0.840. The third-order valence-corrected chi connectivity index (χ3v) is 2.52. The molecule has 0 bridgehead atoms. The van der Waals surface area contributed by atoms with Gasteiger partial charge in [-0.3, -0.25) is 0 Å². The normalized spacial score (nSPS) is 12.9. The molecule has 0 aromatic carbocycles. The molecule has 0 atom stereocenters. The fraction of sp³-hybridized carbons (Fsp3) is 0.600. The minimum absolute atomic E-state index is 0.840. The van der Waals surface area contributed by atoms with Crippen LogP contribution >= 0.6 is 11.3 Å². The van der Waals surface area contributed by atoms with Gasteiger partial charge in [-0.1, -0.05) is 13.8 Å². The van der Waals surface area contributed by atoms with E-state index in [0.717, 1.165) is 19.6 Å². The number of hydrogen-bond donors (Lipinski definition) is 1. The van der Waals surface area contributed by atoms with E-state index < -0.39 is 0 Å². The molecule has 3 heteroatoms. The molecule has 2 heterocycles. The second-order valence-electron chi connectivity index (χ2n) is 2.17. The maximum Gasteiger partial charge on any atom is 0.0812 e. The Morgan fingerprint density at radius 2 is 2.08 bits per heavy atom. The summed E-state index contributed by atoms with van der Waals surface area (Å²) in [5.41, 5.74) is 5.99. The minimum Gasteiger partial charge on any atom is -0.376 e. The summed E-state index contributed by atoms with van der Waals surface area (Å²) in [6.45, 7) is 5.75. The highest BCUT2D eigenvalue weighted by Gasteiger charge is 2.08. The van der Waals surface area contributed by atoms with E-state index in [1.807, 2.05) is 13.8 Å². The lowest BCUT2D eigenvalue weighted by molar-refractivity contribution is 0.113. The summed E-state index contributed by atoms with van der Waals surface area (Å²) in [4.78, 5) is 1.42. The molecule has 0 aliphatic carbocycles. The number of thiophene rings is 1. The van der Waals surface area contributed by atoms with E-state index in [9.17, 15) is 0 Å². The Morgan fingerprint density at radius 3 is 2.69 bits per heavy atom. The van der Waals surface area contributed by atoms with Gasteiger partial charge in [0, 0.05) is 4.88 Å². The maximum atomic E-state index is 5.26. The number of ether oxygens (including phenoxy) is 1. The quantitative estimate of drug-likeness (QED) is 0.699. The van der Waals surface area contributed by atoms with Crippen LogP contribution in [-0.4, -0.2) is 13.7 Å². The lowest BCUT2D eigenvalue weighted by Crippen LogP contribution is -2.05. The average molecular weight is 201 g/mol. The largest absolute Gasteiger partial charge is 0.376 e. The zero-order chi connectivity index (χ0) is 10.1. The third kappa shape index (κ3) is 3.89. The fourth-order valence-electron chi connectivity index (χ4n) is 1.06. The summed E-state index contributed by atoms with van der Waals surface area (Å²) in [7, 11) is 1.50. The van der Waals surface area contributed by atoms with Crippen LogP contribution in [0, 0.1) is 0 Å². The molecular formula is C10H19NOS. The summed E-state index contributed by atoms with van der Waals surface area (Å²) < 4.78 is 5.26. The molecule has 0 unspecified atom stereocenters. The van der Waals surface area contributed by atoms with E-state index in [0.29, 0.717) is 0 Å². The summed E-state index contributed by atoms with van der Waals surface area (Å²) in [5, 5.41) is 2.14. The second kappa shape index (κ2) is 8.23. The highest BCUT2D eigenvalue weighted by atomic mass is 32.1. The fourth-order valence-corrected chi connectivity index (χ4v) is 1.93. The molecule has 2 N–H and O–H groups in total. The molecule has 13 heavy (non-hydrogen) atoms.